The van der Waals surface area contributed by atoms with Crippen molar-refractivity contribution in [3.8, 4) is 6.07 Å². The molecule has 3 N–H and O–H groups in total. The van der Waals surface area contributed by atoms with E-state index in [0.29, 0.717) is 28.7 Å². The third kappa shape index (κ3) is 3.56. The van der Waals surface area contributed by atoms with Crippen LogP contribution in [0.25, 0.3) is 0 Å². The Morgan fingerprint density at radius 3 is 2.72 bits per heavy atom. The Bertz CT molecular complexity index is 491. The monoisotopic (exact) mass is 309 g/mol. The fourth-order valence-corrected chi connectivity index (χ4v) is 1.93. The van der Waals surface area contributed by atoms with Crippen LogP contribution in [0.4, 0.5) is 5.69 Å². The molecule has 0 aromatic heterocycles. The van der Waals surface area contributed by atoms with Crippen molar-refractivity contribution in [3.05, 3.63) is 28.2 Å². The van der Waals surface area contributed by atoms with E-state index in [-0.39, 0.29) is 5.91 Å². The van der Waals surface area contributed by atoms with Crippen molar-refractivity contribution in [1.29, 1.82) is 5.26 Å². The van der Waals surface area contributed by atoms with Gasteiger partial charge in [-0.3, -0.25) is 4.79 Å². The number of nitrogens with two attached hydrogens (primary N) is 1. The van der Waals surface area contributed by atoms with Crippen molar-refractivity contribution in [2.24, 2.45) is 11.1 Å². The molecule has 4 nitrogen and oxygen atoms in total. The van der Waals surface area contributed by atoms with E-state index >= 15 is 0 Å². The molecule has 1 aromatic carbocycles. The zero-order valence-electron chi connectivity index (χ0n) is 10.5. The van der Waals surface area contributed by atoms with E-state index in [4.69, 9.17) is 11.0 Å². The number of rotatable bonds is 4. The molecule has 0 spiro atoms. The van der Waals surface area contributed by atoms with E-state index in [0.717, 1.165) is 0 Å². The fraction of sp³-hybridized carbons (Fsp3) is 0.385. The minimum Gasteiger partial charge on any atom is -0.330 e. The number of nitriles is 1. The van der Waals surface area contributed by atoms with E-state index in [9.17, 15) is 4.79 Å². The Kier molecular flexibility index (Phi) is 4.88. The zero-order chi connectivity index (χ0) is 13.8. The standard InChI is InChI=1S/C13H16BrN3O/c1-13(2,5-6-15)12(18)17-10-4-3-9(8-16)11(14)7-10/h3-4,7H,5-6,15H2,1-2H3,(H,17,18). The highest BCUT2D eigenvalue weighted by Crippen LogP contribution is 2.25. The van der Waals surface area contributed by atoms with Gasteiger partial charge in [-0.15, -0.1) is 0 Å². The Labute approximate surface area is 115 Å². The predicted octanol–water partition coefficient (Wildman–Crippen LogP) is 2.63. The second-order valence-corrected chi connectivity index (χ2v) is 5.54. The molecule has 0 unspecified atom stereocenters. The van der Waals surface area contributed by atoms with Crippen molar-refractivity contribution in [3.63, 3.8) is 0 Å². The highest BCUT2D eigenvalue weighted by molar-refractivity contribution is 9.10. The molecule has 0 radical (unpaired) electrons. The number of nitrogens with zero attached hydrogens (tertiary/aromatic N) is 1. The Hall–Kier alpha value is -1.38. The SMILES string of the molecule is CC(C)(CCN)C(=O)Nc1ccc(C#N)c(Br)c1. The lowest BCUT2D eigenvalue weighted by molar-refractivity contribution is -0.124. The predicted molar refractivity (Wildman–Crippen MR) is 74.9 cm³/mol. The lowest BCUT2D eigenvalue weighted by Crippen LogP contribution is -2.32. The Morgan fingerprint density at radius 2 is 2.22 bits per heavy atom. The van der Waals surface area contributed by atoms with Crippen LogP contribution in [-0.4, -0.2) is 12.5 Å². The fourth-order valence-electron chi connectivity index (χ4n) is 1.46. The molecule has 0 aliphatic rings. The Balaban J connectivity index is 2.83. The number of hydrogen-bond acceptors (Lipinski definition) is 3. The van der Waals surface area contributed by atoms with Crippen molar-refractivity contribution >= 4 is 27.5 Å². The van der Waals surface area contributed by atoms with Crippen LogP contribution in [0.15, 0.2) is 22.7 Å². The molecule has 1 rings (SSSR count). The number of carbonyl (C=O) groups excluding carboxylic acids is 1. The van der Waals surface area contributed by atoms with E-state index in [1.807, 2.05) is 13.8 Å². The third-order valence-electron chi connectivity index (χ3n) is 2.73. The summed E-state index contributed by atoms with van der Waals surface area (Å²) in [4.78, 5) is 12.0. The van der Waals surface area contributed by atoms with Crippen LogP contribution in [0.2, 0.25) is 0 Å². The normalized spacial score (nSPS) is 10.8. The summed E-state index contributed by atoms with van der Waals surface area (Å²) >= 11 is 3.28. The van der Waals surface area contributed by atoms with Crippen LogP contribution in [0.5, 0.6) is 0 Å². The number of hydrogen-bond donors (Lipinski definition) is 2. The third-order valence-corrected chi connectivity index (χ3v) is 3.39. The number of amides is 1. The van der Waals surface area contributed by atoms with Crippen molar-refractivity contribution < 1.29 is 4.79 Å². The summed E-state index contributed by atoms with van der Waals surface area (Å²) in [6, 6.07) is 7.14. The molecule has 0 saturated heterocycles. The summed E-state index contributed by atoms with van der Waals surface area (Å²) in [6.45, 7) is 4.18. The van der Waals surface area contributed by atoms with Gasteiger partial charge in [-0.25, -0.2) is 0 Å². The molecular formula is C13H16BrN3O. The molecule has 0 saturated carbocycles. The lowest BCUT2D eigenvalue weighted by Gasteiger charge is -2.22. The van der Waals surface area contributed by atoms with Crippen LogP contribution in [0, 0.1) is 16.7 Å². The van der Waals surface area contributed by atoms with E-state index in [2.05, 4.69) is 27.3 Å². The molecule has 1 aromatic rings. The molecule has 1 amide bonds. The number of nitrogens with one attached hydrogen (secondary N) is 1. The summed E-state index contributed by atoms with van der Waals surface area (Å²) in [5.74, 6) is -0.0791. The highest BCUT2D eigenvalue weighted by Gasteiger charge is 2.26. The van der Waals surface area contributed by atoms with Crippen LogP contribution in [0.3, 0.4) is 0 Å². The molecule has 0 bridgehead atoms. The average molecular weight is 310 g/mol. The van der Waals surface area contributed by atoms with Gasteiger partial charge in [-0.2, -0.15) is 5.26 Å². The number of halogens is 1. The zero-order valence-corrected chi connectivity index (χ0v) is 12.0. The first kappa shape index (κ1) is 14.7. The number of carbonyl (C=O) groups is 1. The van der Waals surface area contributed by atoms with Gasteiger partial charge in [-0.1, -0.05) is 13.8 Å². The van der Waals surface area contributed by atoms with Gasteiger partial charge in [0, 0.05) is 15.6 Å². The summed E-state index contributed by atoms with van der Waals surface area (Å²) in [5, 5.41) is 11.6. The molecule has 18 heavy (non-hydrogen) atoms. The first-order valence-electron chi connectivity index (χ1n) is 5.62. The Morgan fingerprint density at radius 1 is 1.56 bits per heavy atom. The number of benzene rings is 1. The lowest BCUT2D eigenvalue weighted by atomic mass is 9.88. The van der Waals surface area contributed by atoms with Gasteiger partial charge in [0.15, 0.2) is 0 Å². The summed E-state index contributed by atoms with van der Waals surface area (Å²) in [5.41, 5.74) is 6.18. The van der Waals surface area contributed by atoms with Crippen LogP contribution >= 0.6 is 15.9 Å². The van der Waals surface area contributed by atoms with Gasteiger partial charge >= 0.3 is 0 Å². The van der Waals surface area contributed by atoms with Crippen molar-refractivity contribution in [2.75, 3.05) is 11.9 Å². The van der Waals surface area contributed by atoms with E-state index in [1.165, 1.54) is 0 Å². The van der Waals surface area contributed by atoms with Gasteiger partial charge in [0.1, 0.15) is 6.07 Å². The van der Waals surface area contributed by atoms with E-state index < -0.39 is 5.41 Å². The second kappa shape index (κ2) is 5.98. The summed E-state index contributed by atoms with van der Waals surface area (Å²) in [6.07, 6.45) is 0.621. The van der Waals surface area contributed by atoms with Gasteiger partial charge in [0.05, 0.1) is 5.56 Å². The highest BCUT2D eigenvalue weighted by atomic mass is 79.9. The van der Waals surface area contributed by atoms with Gasteiger partial charge in [0.25, 0.3) is 0 Å². The number of anilines is 1. The minimum absolute atomic E-state index is 0.0791. The first-order chi connectivity index (χ1) is 8.40. The molecular weight excluding hydrogens is 294 g/mol. The molecule has 5 heteroatoms. The smallest absolute Gasteiger partial charge is 0.230 e. The maximum Gasteiger partial charge on any atom is 0.230 e. The van der Waals surface area contributed by atoms with Gasteiger partial charge in [0.2, 0.25) is 5.91 Å². The van der Waals surface area contributed by atoms with Crippen molar-refractivity contribution in [1.82, 2.24) is 0 Å². The molecule has 0 aliphatic carbocycles. The quantitative estimate of drug-likeness (QED) is 0.897. The molecule has 0 aliphatic heterocycles. The first-order valence-corrected chi connectivity index (χ1v) is 6.41. The summed E-state index contributed by atoms with van der Waals surface area (Å²) in [7, 11) is 0. The largest absolute Gasteiger partial charge is 0.330 e. The maximum absolute atomic E-state index is 12.0. The topological polar surface area (TPSA) is 78.9 Å². The average Bonchev–Trinajstić information content (AvgIpc) is 2.29. The van der Waals surface area contributed by atoms with Gasteiger partial charge in [-0.05, 0) is 47.1 Å². The summed E-state index contributed by atoms with van der Waals surface area (Å²) < 4.78 is 0.666. The molecule has 0 atom stereocenters. The van der Waals surface area contributed by atoms with Crippen LogP contribution in [-0.2, 0) is 4.79 Å². The van der Waals surface area contributed by atoms with Crippen molar-refractivity contribution in [2.45, 2.75) is 20.3 Å². The van der Waals surface area contributed by atoms with E-state index in [1.54, 1.807) is 18.2 Å². The molecule has 0 fully saturated rings. The van der Waals surface area contributed by atoms with Crippen LogP contribution in [0.1, 0.15) is 25.8 Å². The second-order valence-electron chi connectivity index (χ2n) is 4.68. The molecule has 96 valence electrons. The van der Waals surface area contributed by atoms with Gasteiger partial charge < -0.3 is 11.1 Å². The van der Waals surface area contributed by atoms with Crippen LogP contribution < -0.4 is 11.1 Å². The minimum atomic E-state index is -0.505. The maximum atomic E-state index is 12.0. The molecule has 0 heterocycles.